The van der Waals surface area contributed by atoms with Crippen molar-refractivity contribution in [1.29, 1.82) is 0 Å². The smallest absolute Gasteiger partial charge is 0.377 e. The fourth-order valence-electron chi connectivity index (χ4n) is 4.00. The highest BCUT2D eigenvalue weighted by Crippen LogP contribution is 2.29. The molecule has 0 radical (unpaired) electrons. The average molecular weight is 559 g/mol. The zero-order valence-corrected chi connectivity index (χ0v) is 25.3. The van der Waals surface area contributed by atoms with E-state index in [-0.39, 0.29) is 40.9 Å². The third-order valence-electron chi connectivity index (χ3n) is 6.62. The Morgan fingerprint density at radius 2 is 1.62 bits per heavy atom. The van der Waals surface area contributed by atoms with Crippen LogP contribution in [0.15, 0.2) is 58.9 Å². The van der Waals surface area contributed by atoms with Crippen LogP contribution < -0.4 is 0 Å². The standard InChI is InChI=1S/C30H37FO5.C2H6.CH4O/c1-6-19(4)16-21(11-10-20(5)17-25(32)28(33)23-8-7-9-23)12-13-22-14-15-24(18(2)3)26(27(22)31)29(34)30(35)36;2*1-2/h10-11,14-18,23,32H,6-9,12-13H2,1-5H3,(H,35,36);1-2H3;2H,1H3/b19-16?,20-10+,21-11-,25-17-;;. The van der Waals surface area contributed by atoms with Gasteiger partial charge in [0, 0.05) is 13.0 Å². The number of allylic oxidation sites excluding steroid dienone is 8. The van der Waals surface area contributed by atoms with Gasteiger partial charge in [-0.05, 0) is 80.2 Å². The number of hydrogen-bond donors (Lipinski definition) is 3. The number of aliphatic hydroxyl groups is 2. The molecule has 0 atom stereocenters. The molecule has 0 amide bonds. The van der Waals surface area contributed by atoms with E-state index >= 15 is 4.39 Å². The average Bonchev–Trinajstić information content (AvgIpc) is 2.90. The number of ketones is 2. The normalized spacial score (nSPS) is 14.5. The third kappa shape index (κ3) is 11.0. The maximum atomic E-state index is 15.3. The molecule has 7 heteroatoms. The SMILES string of the molecule is CC.CCC(C)=C\C(=C/C=C(C)/C=C(\O)C(=O)C1CCC1)CCc1ccc(C(C)C)c(C(=O)C(=O)O)c1F.CO. The van der Waals surface area contributed by atoms with Crippen molar-refractivity contribution in [1.82, 2.24) is 0 Å². The Balaban J connectivity index is 0.00000363. The van der Waals surface area contributed by atoms with Crippen LogP contribution in [0.3, 0.4) is 0 Å². The van der Waals surface area contributed by atoms with E-state index in [4.69, 9.17) is 5.11 Å². The molecule has 222 valence electrons. The van der Waals surface area contributed by atoms with Gasteiger partial charge < -0.3 is 15.3 Å². The lowest BCUT2D eigenvalue weighted by Gasteiger charge is -2.23. The number of hydrogen-bond acceptors (Lipinski definition) is 5. The molecule has 6 nitrogen and oxygen atoms in total. The number of aliphatic hydroxyl groups excluding tert-OH is 2. The Bertz CT molecular complexity index is 1130. The summed E-state index contributed by atoms with van der Waals surface area (Å²) in [6.45, 7) is 13.4. The quantitative estimate of drug-likeness (QED) is 0.0792. The number of carboxylic acids is 1. The number of benzene rings is 1. The monoisotopic (exact) mass is 558 g/mol. The molecule has 1 aliphatic rings. The highest BCUT2D eigenvalue weighted by Gasteiger charge is 2.28. The van der Waals surface area contributed by atoms with Gasteiger partial charge in [0.05, 0.1) is 5.56 Å². The molecule has 0 spiro atoms. The molecule has 1 aliphatic carbocycles. The second-order valence-electron chi connectivity index (χ2n) is 9.81. The van der Waals surface area contributed by atoms with Crippen molar-refractivity contribution in [3.05, 3.63) is 81.4 Å². The van der Waals surface area contributed by atoms with E-state index in [1.54, 1.807) is 39.0 Å². The first-order chi connectivity index (χ1) is 19.0. The van der Waals surface area contributed by atoms with Crippen molar-refractivity contribution in [2.24, 2.45) is 5.92 Å². The van der Waals surface area contributed by atoms with E-state index < -0.39 is 17.6 Å². The van der Waals surface area contributed by atoms with Crippen LogP contribution >= 0.6 is 0 Å². The predicted octanol–water partition coefficient (Wildman–Crippen LogP) is 7.82. The fraction of sp³-hybridized carbons (Fsp3) is 0.485. The minimum atomic E-state index is -1.68. The fourth-order valence-corrected chi connectivity index (χ4v) is 4.00. The van der Waals surface area contributed by atoms with Crippen LogP contribution in [0.2, 0.25) is 0 Å². The first kappa shape index (κ1) is 36.7. The highest BCUT2D eigenvalue weighted by molar-refractivity contribution is 6.40. The van der Waals surface area contributed by atoms with E-state index in [1.165, 1.54) is 6.08 Å². The van der Waals surface area contributed by atoms with Crippen LogP contribution in [-0.4, -0.2) is 40.0 Å². The minimum absolute atomic E-state index is 0.0785. The van der Waals surface area contributed by atoms with Crippen LogP contribution in [0.25, 0.3) is 0 Å². The maximum Gasteiger partial charge on any atom is 0.377 e. The zero-order valence-electron chi connectivity index (χ0n) is 25.3. The van der Waals surface area contributed by atoms with Crippen molar-refractivity contribution < 1.29 is 34.1 Å². The van der Waals surface area contributed by atoms with Gasteiger partial charge in [0.25, 0.3) is 5.78 Å². The summed E-state index contributed by atoms with van der Waals surface area (Å²) < 4.78 is 15.3. The molecular weight excluding hydrogens is 511 g/mol. The lowest BCUT2D eigenvalue weighted by molar-refractivity contribution is -0.131. The summed E-state index contributed by atoms with van der Waals surface area (Å²) in [5.41, 5.74) is 3.04. The zero-order chi connectivity index (χ0) is 31.0. The highest BCUT2D eigenvalue weighted by atomic mass is 19.1. The molecule has 1 aromatic rings. The molecule has 1 fully saturated rings. The van der Waals surface area contributed by atoms with E-state index in [0.717, 1.165) is 43.9 Å². The third-order valence-corrected chi connectivity index (χ3v) is 6.62. The second kappa shape index (κ2) is 18.9. The summed E-state index contributed by atoms with van der Waals surface area (Å²) in [5.74, 6) is -4.42. The summed E-state index contributed by atoms with van der Waals surface area (Å²) in [4.78, 5) is 35.7. The van der Waals surface area contributed by atoms with Crippen molar-refractivity contribution in [2.45, 2.75) is 92.9 Å². The summed E-state index contributed by atoms with van der Waals surface area (Å²) in [5, 5.41) is 26.3. The van der Waals surface area contributed by atoms with Crippen LogP contribution in [-0.2, 0) is 16.0 Å². The molecular formula is C33H47FO6. The van der Waals surface area contributed by atoms with Gasteiger partial charge in [-0.1, -0.05) is 77.0 Å². The number of carboxylic acid groups (broad SMARTS) is 1. The molecule has 0 heterocycles. The van der Waals surface area contributed by atoms with Gasteiger partial charge in [-0.15, -0.1) is 0 Å². The lowest BCUT2D eigenvalue weighted by Crippen LogP contribution is -2.23. The molecule has 40 heavy (non-hydrogen) atoms. The minimum Gasteiger partial charge on any atom is -0.504 e. The molecule has 0 unspecified atom stereocenters. The number of aliphatic carboxylic acids is 1. The molecule has 2 rings (SSSR count). The van der Waals surface area contributed by atoms with Crippen molar-refractivity contribution in [3.63, 3.8) is 0 Å². The number of rotatable bonds is 12. The van der Waals surface area contributed by atoms with Gasteiger partial charge in [0.1, 0.15) is 5.82 Å². The lowest BCUT2D eigenvalue weighted by atomic mass is 9.81. The largest absolute Gasteiger partial charge is 0.504 e. The van der Waals surface area contributed by atoms with E-state index in [9.17, 15) is 24.6 Å². The first-order valence-corrected chi connectivity index (χ1v) is 14.0. The van der Waals surface area contributed by atoms with Gasteiger partial charge in [0.15, 0.2) is 11.5 Å². The summed E-state index contributed by atoms with van der Waals surface area (Å²) >= 11 is 0. The van der Waals surface area contributed by atoms with Gasteiger partial charge >= 0.3 is 5.97 Å². The number of aryl methyl sites for hydroxylation is 1. The summed E-state index contributed by atoms with van der Waals surface area (Å²) in [6, 6.07) is 3.25. The van der Waals surface area contributed by atoms with Crippen LogP contribution in [0.1, 0.15) is 108 Å². The van der Waals surface area contributed by atoms with E-state index in [1.807, 2.05) is 39.8 Å². The van der Waals surface area contributed by atoms with Crippen molar-refractivity contribution in [3.8, 4) is 0 Å². The molecule has 3 N–H and O–H groups in total. The van der Waals surface area contributed by atoms with Gasteiger partial charge in [-0.3, -0.25) is 9.59 Å². The van der Waals surface area contributed by atoms with Gasteiger partial charge in [-0.25, -0.2) is 9.18 Å². The van der Waals surface area contributed by atoms with Crippen molar-refractivity contribution in [2.75, 3.05) is 7.11 Å². The Morgan fingerprint density at radius 1 is 1.02 bits per heavy atom. The second-order valence-corrected chi connectivity index (χ2v) is 9.81. The number of halogens is 1. The topological polar surface area (TPSA) is 112 Å². The Labute approximate surface area is 239 Å². The molecule has 0 bridgehead atoms. The first-order valence-electron chi connectivity index (χ1n) is 14.0. The van der Waals surface area contributed by atoms with Gasteiger partial charge in [0.2, 0.25) is 0 Å². The predicted molar refractivity (Wildman–Crippen MR) is 159 cm³/mol. The Hall–Kier alpha value is -3.32. The molecule has 1 saturated carbocycles. The maximum absolute atomic E-state index is 15.3. The molecule has 0 saturated heterocycles. The molecule has 0 aromatic heterocycles. The Morgan fingerprint density at radius 3 is 2.10 bits per heavy atom. The van der Waals surface area contributed by atoms with Crippen LogP contribution in [0.4, 0.5) is 4.39 Å². The molecule has 1 aromatic carbocycles. The van der Waals surface area contributed by atoms with Crippen LogP contribution in [0.5, 0.6) is 0 Å². The molecule has 0 aliphatic heterocycles. The Kier molecular flexibility index (Phi) is 17.3. The summed E-state index contributed by atoms with van der Waals surface area (Å²) in [7, 11) is 1.00. The van der Waals surface area contributed by atoms with Gasteiger partial charge in [-0.2, -0.15) is 0 Å². The van der Waals surface area contributed by atoms with E-state index in [2.05, 4.69) is 0 Å². The van der Waals surface area contributed by atoms with Crippen LogP contribution in [0, 0.1) is 11.7 Å². The number of carbonyl (C=O) groups is 3. The number of Topliss-reactive ketones (excluding diaryl/α,β-unsaturated/α-hetero) is 2. The van der Waals surface area contributed by atoms with E-state index in [0.29, 0.717) is 17.6 Å². The van der Waals surface area contributed by atoms with Crippen molar-refractivity contribution >= 4 is 17.5 Å². The summed E-state index contributed by atoms with van der Waals surface area (Å²) in [6.07, 6.45) is 11.4. The number of carbonyl (C=O) groups excluding carboxylic acids is 2.